The number of anilines is 1. The number of carbonyl (C=O) groups excluding carboxylic acids is 2. The summed E-state index contributed by atoms with van der Waals surface area (Å²) in [5, 5.41) is 3.34. The predicted molar refractivity (Wildman–Crippen MR) is 108 cm³/mol. The SMILES string of the molecule is CCc1ccc(NC(=O)OCCN(C)C(=O)CCc2ccccc2Cl)cc1. The van der Waals surface area contributed by atoms with E-state index in [4.69, 9.17) is 16.3 Å². The molecule has 0 aromatic heterocycles. The molecule has 0 fully saturated rings. The lowest BCUT2D eigenvalue weighted by molar-refractivity contribution is -0.130. The van der Waals surface area contributed by atoms with Gasteiger partial charge in [0.1, 0.15) is 6.61 Å². The number of carbonyl (C=O) groups is 2. The third kappa shape index (κ3) is 6.94. The molecule has 0 saturated heterocycles. The molecule has 0 radical (unpaired) electrons. The number of benzene rings is 2. The van der Waals surface area contributed by atoms with Gasteiger partial charge >= 0.3 is 6.09 Å². The Labute approximate surface area is 165 Å². The third-order valence-electron chi connectivity index (χ3n) is 4.26. The minimum absolute atomic E-state index is 0.0194. The zero-order valence-electron chi connectivity index (χ0n) is 15.7. The van der Waals surface area contributed by atoms with Gasteiger partial charge in [0.05, 0.1) is 6.54 Å². The van der Waals surface area contributed by atoms with Gasteiger partial charge < -0.3 is 9.64 Å². The maximum absolute atomic E-state index is 12.2. The van der Waals surface area contributed by atoms with Gasteiger partial charge in [-0.2, -0.15) is 0 Å². The number of ether oxygens (including phenoxy) is 1. The second kappa shape index (κ2) is 10.6. The van der Waals surface area contributed by atoms with Crippen molar-refractivity contribution in [1.29, 1.82) is 0 Å². The molecule has 6 heteroatoms. The van der Waals surface area contributed by atoms with Crippen LogP contribution in [0.4, 0.5) is 10.5 Å². The topological polar surface area (TPSA) is 58.6 Å². The van der Waals surface area contributed by atoms with Gasteiger partial charge in [0.15, 0.2) is 0 Å². The molecule has 144 valence electrons. The number of rotatable bonds is 8. The van der Waals surface area contributed by atoms with E-state index >= 15 is 0 Å². The molecule has 2 aromatic rings. The maximum Gasteiger partial charge on any atom is 0.411 e. The molecule has 0 bridgehead atoms. The van der Waals surface area contributed by atoms with Crippen molar-refractivity contribution in [1.82, 2.24) is 4.90 Å². The third-order valence-corrected chi connectivity index (χ3v) is 4.63. The average molecular weight is 389 g/mol. The van der Waals surface area contributed by atoms with Crippen LogP contribution in [0.3, 0.4) is 0 Å². The quantitative estimate of drug-likeness (QED) is 0.722. The molecule has 2 aromatic carbocycles. The summed E-state index contributed by atoms with van der Waals surface area (Å²) in [6, 6.07) is 15.1. The van der Waals surface area contributed by atoms with Gasteiger partial charge in [-0.25, -0.2) is 4.79 Å². The number of nitrogens with zero attached hydrogens (tertiary/aromatic N) is 1. The summed E-state index contributed by atoms with van der Waals surface area (Å²) in [6.07, 6.45) is 1.35. The number of hydrogen-bond acceptors (Lipinski definition) is 3. The number of aryl methyl sites for hydroxylation is 2. The van der Waals surface area contributed by atoms with Gasteiger partial charge in [-0.15, -0.1) is 0 Å². The Balaban J connectivity index is 1.68. The van der Waals surface area contributed by atoms with E-state index in [2.05, 4.69) is 12.2 Å². The molecule has 1 N–H and O–H groups in total. The maximum atomic E-state index is 12.2. The van der Waals surface area contributed by atoms with Gasteiger partial charge in [-0.05, 0) is 42.2 Å². The molecule has 0 aliphatic rings. The van der Waals surface area contributed by atoms with Crippen LogP contribution in [0.5, 0.6) is 0 Å². The molecule has 0 unspecified atom stereocenters. The number of halogens is 1. The average Bonchev–Trinajstić information content (AvgIpc) is 2.67. The zero-order chi connectivity index (χ0) is 19.6. The lowest BCUT2D eigenvalue weighted by Crippen LogP contribution is -2.31. The van der Waals surface area contributed by atoms with Crippen molar-refractivity contribution in [2.24, 2.45) is 0 Å². The molecule has 0 aliphatic carbocycles. The minimum atomic E-state index is -0.531. The molecule has 0 atom stereocenters. The van der Waals surface area contributed by atoms with Crippen molar-refractivity contribution >= 4 is 29.3 Å². The summed E-state index contributed by atoms with van der Waals surface area (Å²) < 4.78 is 5.14. The number of nitrogens with one attached hydrogen (secondary N) is 1. The van der Waals surface area contributed by atoms with Crippen molar-refractivity contribution in [2.75, 3.05) is 25.5 Å². The highest BCUT2D eigenvalue weighted by Gasteiger charge is 2.11. The van der Waals surface area contributed by atoms with Crippen LogP contribution in [0.1, 0.15) is 24.5 Å². The van der Waals surface area contributed by atoms with E-state index in [-0.39, 0.29) is 12.5 Å². The molecule has 5 nitrogen and oxygen atoms in total. The Morgan fingerprint density at radius 3 is 2.48 bits per heavy atom. The van der Waals surface area contributed by atoms with Gasteiger partial charge in [0.2, 0.25) is 5.91 Å². The normalized spacial score (nSPS) is 10.3. The van der Waals surface area contributed by atoms with Crippen LogP contribution >= 0.6 is 11.6 Å². The molecule has 27 heavy (non-hydrogen) atoms. The molecule has 0 saturated carbocycles. The second-order valence-electron chi connectivity index (χ2n) is 6.22. The van der Waals surface area contributed by atoms with Crippen molar-refractivity contribution in [3.63, 3.8) is 0 Å². The van der Waals surface area contributed by atoms with Gasteiger partial charge in [0, 0.05) is 24.2 Å². The van der Waals surface area contributed by atoms with Crippen LogP contribution in [0, 0.1) is 0 Å². The minimum Gasteiger partial charge on any atom is -0.447 e. The first-order valence-electron chi connectivity index (χ1n) is 8.99. The fraction of sp³-hybridized carbons (Fsp3) is 0.333. The number of likely N-dealkylation sites (N-methyl/N-ethyl adjacent to an activating group) is 1. The fourth-order valence-electron chi connectivity index (χ4n) is 2.51. The van der Waals surface area contributed by atoms with Crippen LogP contribution in [0.2, 0.25) is 5.02 Å². The Bertz CT molecular complexity index is 762. The second-order valence-corrected chi connectivity index (χ2v) is 6.63. The van der Waals surface area contributed by atoms with E-state index in [0.29, 0.717) is 30.1 Å². The van der Waals surface area contributed by atoms with Crippen LogP contribution < -0.4 is 5.32 Å². The largest absolute Gasteiger partial charge is 0.447 e. The summed E-state index contributed by atoms with van der Waals surface area (Å²) in [5.74, 6) is -0.0194. The first-order chi connectivity index (χ1) is 13.0. The number of amides is 2. The van der Waals surface area contributed by atoms with Gasteiger partial charge in [-0.1, -0.05) is 48.9 Å². The zero-order valence-corrected chi connectivity index (χ0v) is 16.5. The van der Waals surface area contributed by atoms with E-state index in [1.807, 2.05) is 48.5 Å². The predicted octanol–water partition coefficient (Wildman–Crippen LogP) is 4.54. The summed E-state index contributed by atoms with van der Waals surface area (Å²) in [6.45, 7) is 2.54. The molecule has 2 amide bonds. The molecule has 2 rings (SSSR count). The van der Waals surface area contributed by atoms with E-state index < -0.39 is 6.09 Å². The standard InChI is InChI=1S/C21H25ClN2O3/c1-3-16-8-11-18(12-9-16)23-21(26)27-15-14-24(2)20(25)13-10-17-6-4-5-7-19(17)22/h4-9,11-12H,3,10,13-15H2,1-2H3,(H,23,26). The summed E-state index contributed by atoms with van der Waals surface area (Å²) >= 11 is 6.10. The highest BCUT2D eigenvalue weighted by Crippen LogP contribution is 2.16. The summed E-state index contributed by atoms with van der Waals surface area (Å²) in [7, 11) is 1.69. The fourth-order valence-corrected chi connectivity index (χ4v) is 2.74. The summed E-state index contributed by atoms with van der Waals surface area (Å²) in [5.41, 5.74) is 2.83. The lowest BCUT2D eigenvalue weighted by Gasteiger charge is -2.17. The molecule has 0 spiro atoms. The molecular weight excluding hydrogens is 364 g/mol. The smallest absolute Gasteiger partial charge is 0.411 e. The van der Waals surface area contributed by atoms with Crippen molar-refractivity contribution in [3.8, 4) is 0 Å². The Morgan fingerprint density at radius 1 is 1.11 bits per heavy atom. The van der Waals surface area contributed by atoms with E-state index in [1.165, 1.54) is 5.56 Å². The Hall–Kier alpha value is -2.53. The summed E-state index contributed by atoms with van der Waals surface area (Å²) in [4.78, 5) is 25.6. The van der Waals surface area contributed by atoms with Gasteiger partial charge in [0.25, 0.3) is 0 Å². The van der Waals surface area contributed by atoms with E-state index in [1.54, 1.807) is 11.9 Å². The van der Waals surface area contributed by atoms with Crippen molar-refractivity contribution in [2.45, 2.75) is 26.2 Å². The van der Waals surface area contributed by atoms with E-state index in [0.717, 1.165) is 12.0 Å². The molecule has 0 aliphatic heterocycles. The van der Waals surface area contributed by atoms with Crippen molar-refractivity contribution < 1.29 is 14.3 Å². The highest BCUT2D eigenvalue weighted by molar-refractivity contribution is 6.31. The van der Waals surface area contributed by atoms with Crippen LogP contribution in [0.25, 0.3) is 0 Å². The van der Waals surface area contributed by atoms with Crippen LogP contribution in [0.15, 0.2) is 48.5 Å². The molecular formula is C21H25ClN2O3. The first kappa shape index (κ1) is 20.8. The molecule has 0 heterocycles. The van der Waals surface area contributed by atoms with Gasteiger partial charge in [-0.3, -0.25) is 10.1 Å². The lowest BCUT2D eigenvalue weighted by atomic mass is 10.1. The van der Waals surface area contributed by atoms with Crippen molar-refractivity contribution in [3.05, 3.63) is 64.7 Å². The monoisotopic (exact) mass is 388 g/mol. The Kier molecular flexibility index (Phi) is 8.14. The Morgan fingerprint density at radius 2 is 1.81 bits per heavy atom. The van der Waals surface area contributed by atoms with E-state index in [9.17, 15) is 9.59 Å². The highest BCUT2D eigenvalue weighted by atomic mass is 35.5. The van der Waals surface area contributed by atoms with Crippen LogP contribution in [-0.2, 0) is 22.4 Å². The number of hydrogen-bond donors (Lipinski definition) is 1. The first-order valence-corrected chi connectivity index (χ1v) is 9.37. The van der Waals surface area contributed by atoms with Crippen LogP contribution in [-0.4, -0.2) is 37.1 Å².